The van der Waals surface area contributed by atoms with E-state index in [0.717, 1.165) is 6.54 Å². The zero-order valence-corrected chi connectivity index (χ0v) is 12.5. The molecular weight excluding hydrogens is 279 g/mol. The summed E-state index contributed by atoms with van der Waals surface area (Å²) >= 11 is 0. The van der Waals surface area contributed by atoms with E-state index in [1.807, 2.05) is 0 Å². The zero-order chi connectivity index (χ0) is 14.6. The zero-order valence-electron chi connectivity index (χ0n) is 11.7. The van der Waals surface area contributed by atoms with E-state index >= 15 is 0 Å². The van der Waals surface area contributed by atoms with Gasteiger partial charge in [-0.05, 0) is 43.5 Å². The Bertz CT molecular complexity index is 544. The fourth-order valence-corrected chi connectivity index (χ4v) is 3.16. The van der Waals surface area contributed by atoms with Gasteiger partial charge in [0.2, 0.25) is 10.0 Å². The molecule has 0 aliphatic heterocycles. The maximum atomic E-state index is 13.1. The highest BCUT2D eigenvalue weighted by molar-refractivity contribution is 7.89. The third kappa shape index (κ3) is 4.85. The normalized spacial score (nSPS) is 15.8. The van der Waals surface area contributed by atoms with Crippen LogP contribution in [0, 0.1) is 5.82 Å². The van der Waals surface area contributed by atoms with Gasteiger partial charge >= 0.3 is 0 Å². The maximum absolute atomic E-state index is 13.1. The van der Waals surface area contributed by atoms with Crippen LogP contribution in [0.15, 0.2) is 24.3 Å². The third-order valence-corrected chi connectivity index (χ3v) is 5.24. The Morgan fingerprint density at radius 2 is 2.15 bits per heavy atom. The summed E-state index contributed by atoms with van der Waals surface area (Å²) in [6, 6.07) is 6.62. The van der Waals surface area contributed by atoms with Crippen molar-refractivity contribution in [1.82, 2.24) is 9.62 Å². The van der Waals surface area contributed by atoms with E-state index in [2.05, 4.69) is 5.32 Å². The number of rotatable bonds is 8. The first-order valence-corrected chi connectivity index (χ1v) is 8.50. The number of hydrogen-bond donors (Lipinski definition) is 1. The van der Waals surface area contributed by atoms with Gasteiger partial charge in [-0.2, -0.15) is 0 Å². The highest BCUT2D eigenvalue weighted by Gasteiger charge is 2.21. The van der Waals surface area contributed by atoms with E-state index in [-0.39, 0.29) is 18.1 Å². The van der Waals surface area contributed by atoms with E-state index < -0.39 is 10.0 Å². The molecule has 112 valence electrons. The van der Waals surface area contributed by atoms with Crippen LogP contribution in [0.25, 0.3) is 0 Å². The summed E-state index contributed by atoms with van der Waals surface area (Å²) in [6.07, 6.45) is 3.00. The number of hydrogen-bond acceptors (Lipinski definition) is 3. The molecule has 0 radical (unpaired) electrons. The summed E-state index contributed by atoms with van der Waals surface area (Å²) in [6.45, 7) is 0.938. The summed E-state index contributed by atoms with van der Waals surface area (Å²) < 4.78 is 38.5. The number of nitrogens with zero attached hydrogens (tertiary/aromatic N) is 1. The van der Waals surface area contributed by atoms with Gasteiger partial charge in [-0.15, -0.1) is 0 Å². The smallest absolute Gasteiger partial charge is 0.214 e. The van der Waals surface area contributed by atoms with Gasteiger partial charge in [-0.3, -0.25) is 0 Å². The van der Waals surface area contributed by atoms with E-state index in [0.29, 0.717) is 18.0 Å². The minimum absolute atomic E-state index is 0.124. The standard InChI is InChI=1S/C14H21FN2O2S/c1-17(11-12-4-2-5-13(15)10-12)20(18,19)9-3-8-16-14-6-7-14/h2,4-5,10,14,16H,3,6-9,11H2,1H3. The second-order valence-corrected chi connectivity index (χ2v) is 7.48. The highest BCUT2D eigenvalue weighted by atomic mass is 32.2. The van der Waals surface area contributed by atoms with Crippen LogP contribution in [0.1, 0.15) is 24.8 Å². The molecule has 0 unspecified atom stereocenters. The lowest BCUT2D eigenvalue weighted by molar-refractivity contribution is 0.463. The predicted molar refractivity (Wildman–Crippen MR) is 77.3 cm³/mol. The Labute approximate surface area is 120 Å². The average molecular weight is 300 g/mol. The molecule has 0 spiro atoms. The molecule has 0 bridgehead atoms. The van der Waals surface area contributed by atoms with Crippen LogP contribution in [0.2, 0.25) is 0 Å². The van der Waals surface area contributed by atoms with Gasteiger partial charge in [0.05, 0.1) is 5.75 Å². The second kappa shape index (κ2) is 6.65. The van der Waals surface area contributed by atoms with E-state index in [4.69, 9.17) is 0 Å². The van der Waals surface area contributed by atoms with Crippen LogP contribution in [-0.2, 0) is 16.6 Å². The molecule has 1 aliphatic rings. The molecule has 1 aliphatic carbocycles. The van der Waals surface area contributed by atoms with Gasteiger partial charge in [0, 0.05) is 19.6 Å². The Morgan fingerprint density at radius 3 is 2.80 bits per heavy atom. The molecule has 1 N–H and O–H groups in total. The quantitative estimate of drug-likeness (QED) is 0.744. The van der Waals surface area contributed by atoms with Gasteiger partial charge in [0.15, 0.2) is 0 Å². The molecule has 1 fully saturated rings. The Kier molecular flexibility index (Phi) is 5.12. The minimum atomic E-state index is -3.28. The molecule has 20 heavy (non-hydrogen) atoms. The summed E-state index contributed by atoms with van der Waals surface area (Å²) in [4.78, 5) is 0. The summed E-state index contributed by atoms with van der Waals surface area (Å²) in [5.74, 6) is -0.222. The molecule has 2 rings (SSSR count). The Hall–Kier alpha value is -0.980. The average Bonchev–Trinajstić information content (AvgIpc) is 3.19. The van der Waals surface area contributed by atoms with Gasteiger partial charge in [-0.1, -0.05) is 12.1 Å². The van der Waals surface area contributed by atoms with Crippen molar-refractivity contribution in [3.8, 4) is 0 Å². The van der Waals surface area contributed by atoms with Crippen LogP contribution in [-0.4, -0.2) is 38.1 Å². The van der Waals surface area contributed by atoms with Crippen molar-refractivity contribution >= 4 is 10.0 Å². The first-order valence-electron chi connectivity index (χ1n) is 6.89. The molecule has 4 nitrogen and oxygen atoms in total. The largest absolute Gasteiger partial charge is 0.314 e. The van der Waals surface area contributed by atoms with Gasteiger partial charge in [0.1, 0.15) is 5.82 Å². The second-order valence-electron chi connectivity index (χ2n) is 5.28. The molecule has 6 heteroatoms. The fraction of sp³-hybridized carbons (Fsp3) is 0.571. The lowest BCUT2D eigenvalue weighted by Crippen LogP contribution is -2.30. The summed E-state index contributed by atoms with van der Waals surface area (Å²) in [7, 11) is -1.74. The molecule has 0 heterocycles. The Balaban J connectivity index is 1.80. The van der Waals surface area contributed by atoms with Crippen LogP contribution < -0.4 is 5.32 Å². The number of halogens is 1. The summed E-state index contributed by atoms with van der Waals surface area (Å²) in [5, 5.41) is 3.29. The predicted octanol–water partition coefficient (Wildman–Crippen LogP) is 1.73. The number of nitrogens with one attached hydrogen (secondary N) is 1. The molecule has 1 aromatic carbocycles. The van der Waals surface area contributed by atoms with Crippen LogP contribution in [0.4, 0.5) is 4.39 Å². The molecule has 0 aromatic heterocycles. The maximum Gasteiger partial charge on any atom is 0.214 e. The van der Waals surface area contributed by atoms with Crippen molar-refractivity contribution < 1.29 is 12.8 Å². The van der Waals surface area contributed by atoms with Crippen LogP contribution in [0.5, 0.6) is 0 Å². The third-order valence-electron chi connectivity index (χ3n) is 3.36. The first kappa shape index (κ1) is 15.4. The van der Waals surface area contributed by atoms with Crippen LogP contribution in [0.3, 0.4) is 0 Å². The molecule has 0 saturated heterocycles. The lowest BCUT2D eigenvalue weighted by Gasteiger charge is -2.17. The monoisotopic (exact) mass is 300 g/mol. The van der Waals surface area contributed by atoms with Crippen molar-refractivity contribution in [3.63, 3.8) is 0 Å². The molecular formula is C14H21FN2O2S. The van der Waals surface area contributed by atoms with Gasteiger partial charge < -0.3 is 5.32 Å². The van der Waals surface area contributed by atoms with Crippen molar-refractivity contribution in [1.29, 1.82) is 0 Å². The lowest BCUT2D eigenvalue weighted by atomic mass is 10.2. The fourth-order valence-electron chi connectivity index (χ4n) is 1.99. The van der Waals surface area contributed by atoms with Crippen molar-refractivity contribution in [2.24, 2.45) is 0 Å². The van der Waals surface area contributed by atoms with Crippen molar-refractivity contribution in [3.05, 3.63) is 35.6 Å². The number of sulfonamides is 1. The number of benzene rings is 1. The topological polar surface area (TPSA) is 49.4 Å². The summed E-state index contributed by atoms with van der Waals surface area (Å²) in [5.41, 5.74) is 0.659. The minimum Gasteiger partial charge on any atom is -0.314 e. The molecule has 0 amide bonds. The van der Waals surface area contributed by atoms with Gasteiger partial charge in [0.25, 0.3) is 0 Å². The van der Waals surface area contributed by atoms with Crippen molar-refractivity contribution in [2.75, 3.05) is 19.3 Å². The van der Waals surface area contributed by atoms with Crippen LogP contribution >= 0.6 is 0 Å². The van der Waals surface area contributed by atoms with E-state index in [1.54, 1.807) is 12.1 Å². The molecule has 0 atom stereocenters. The first-order chi connectivity index (χ1) is 9.47. The highest BCUT2D eigenvalue weighted by Crippen LogP contribution is 2.18. The SMILES string of the molecule is CN(Cc1cccc(F)c1)S(=O)(=O)CCCNC1CC1. The Morgan fingerprint density at radius 1 is 1.40 bits per heavy atom. The molecule has 1 aromatic rings. The molecule has 1 saturated carbocycles. The van der Waals surface area contributed by atoms with Gasteiger partial charge in [-0.25, -0.2) is 17.1 Å². The van der Waals surface area contributed by atoms with Crippen molar-refractivity contribution in [2.45, 2.75) is 31.8 Å². The van der Waals surface area contributed by atoms with E-state index in [9.17, 15) is 12.8 Å². The van der Waals surface area contributed by atoms with E-state index in [1.165, 1.54) is 36.3 Å².